The van der Waals surface area contributed by atoms with Gasteiger partial charge in [0.2, 0.25) is 0 Å². The number of rotatable bonds is 7. The third kappa shape index (κ3) is 5.45. The Morgan fingerprint density at radius 3 is 2.58 bits per heavy atom. The molecule has 8 nitrogen and oxygen atoms in total. The van der Waals surface area contributed by atoms with Crippen molar-refractivity contribution in [2.75, 3.05) is 17.2 Å². The maximum absolute atomic E-state index is 12.2. The monoisotopic (exact) mass is 414 g/mol. The van der Waals surface area contributed by atoms with Crippen molar-refractivity contribution >= 4 is 23.1 Å². The van der Waals surface area contributed by atoms with Gasteiger partial charge in [-0.1, -0.05) is 12.1 Å². The van der Waals surface area contributed by atoms with Crippen molar-refractivity contribution < 1.29 is 9.53 Å². The van der Waals surface area contributed by atoms with Crippen LogP contribution in [0.4, 0.5) is 17.2 Å². The first-order chi connectivity index (χ1) is 15.0. The van der Waals surface area contributed by atoms with Crippen LogP contribution in [0.5, 0.6) is 5.75 Å². The van der Waals surface area contributed by atoms with Crippen molar-refractivity contribution in [2.45, 2.75) is 13.8 Å². The number of hydrogen-bond acceptors (Lipinski definition) is 6. The summed E-state index contributed by atoms with van der Waals surface area (Å²) in [4.78, 5) is 25.1. The Balaban J connectivity index is 1.36. The number of amides is 1. The summed E-state index contributed by atoms with van der Waals surface area (Å²) in [5.74, 6) is 2.49. The number of anilines is 3. The Morgan fingerprint density at radius 2 is 1.84 bits per heavy atom. The summed E-state index contributed by atoms with van der Waals surface area (Å²) in [6, 6.07) is 16.8. The van der Waals surface area contributed by atoms with E-state index in [0.29, 0.717) is 23.1 Å². The van der Waals surface area contributed by atoms with Gasteiger partial charge >= 0.3 is 0 Å². The van der Waals surface area contributed by atoms with Gasteiger partial charge in [0.15, 0.2) is 6.61 Å². The molecule has 0 saturated carbocycles. The summed E-state index contributed by atoms with van der Waals surface area (Å²) in [7, 11) is 0. The van der Waals surface area contributed by atoms with Crippen LogP contribution < -0.4 is 15.4 Å². The molecule has 0 unspecified atom stereocenters. The van der Waals surface area contributed by atoms with Crippen molar-refractivity contribution in [2.24, 2.45) is 0 Å². The van der Waals surface area contributed by atoms with Crippen molar-refractivity contribution in [1.82, 2.24) is 19.5 Å². The predicted octanol–water partition coefficient (Wildman–Crippen LogP) is 4.04. The smallest absolute Gasteiger partial charge is 0.262 e. The van der Waals surface area contributed by atoms with Crippen molar-refractivity contribution in [1.29, 1.82) is 0 Å². The van der Waals surface area contributed by atoms with Gasteiger partial charge < -0.3 is 15.4 Å². The molecule has 2 heterocycles. The molecule has 0 aliphatic heterocycles. The van der Waals surface area contributed by atoms with E-state index in [0.717, 1.165) is 17.1 Å². The average Bonchev–Trinajstić information content (AvgIpc) is 3.28. The minimum absolute atomic E-state index is 0.0549. The van der Waals surface area contributed by atoms with Gasteiger partial charge in [0, 0.05) is 29.8 Å². The van der Waals surface area contributed by atoms with E-state index in [-0.39, 0.29) is 12.5 Å². The molecule has 0 aliphatic carbocycles. The second-order valence-corrected chi connectivity index (χ2v) is 6.98. The van der Waals surface area contributed by atoms with Gasteiger partial charge in [0.05, 0.1) is 0 Å². The highest BCUT2D eigenvalue weighted by Crippen LogP contribution is 2.19. The number of aromatic nitrogens is 4. The molecule has 0 saturated heterocycles. The zero-order chi connectivity index (χ0) is 21.6. The Bertz CT molecular complexity index is 1170. The van der Waals surface area contributed by atoms with Crippen LogP contribution in [0.2, 0.25) is 0 Å². The molecule has 0 bridgehead atoms. The first-order valence-electron chi connectivity index (χ1n) is 9.75. The number of carbonyl (C=O) groups excluding carboxylic acids is 1. The SMILES string of the molecule is Cc1cccc(OCC(=O)Nc2ccc(Nc3cc(-n4ccnc4)nc(C)n3)cc2)c1. The lowest BCUT2D eigenvalue weighted by Gasteiger charge is -2.11. The fourth-order valence-corrected chi connectivity index (χ4v) is 2.98. The van der Waals surface area contributed by atoms with E-state index in [9.17, 15) is 4.79 Å². The van der Waals surface area contributed by atoms with E-state index in [2.05, 4.69) is 25.6 Å². The molecule has 1 amide bonds. The van der Waals surface area contributed by atoms with Crippen LogP contribution in [0.25, 0.3) is 5.82 Å². The second-order valence-electron chi connectivity index (χ2n) is 6.98. The lowest BCUT2D eigenvalue weighted by molar-refractivity contribution is -0.118. The van der Waals surface area contributed by atoms with Crippen LogP contribution in [-0.4, -0.2) is 32.0 Å². The van der Waals surface area contributed by atoms with Crippen LogP contribution >= 0.6 is 0 Å². The molecule has 4 rings (SSSR count). The van der Waals surface area contributed by atoms with Crippen LogP contribution in [0.1, 0.15) is 11.4 Å². The third-order valence-electron chi connectivity index (χ3n) is 4.39. The largest absolute Gasteiger partial charge is 0.484 e. The molecule has 0 fully saturated rings. The summed E-state index contributed by atoms with van der Waals surface area (Å²) in [5, 5.41) is 6.08. The van der Waals surface area contributed by atoms with Crippen molar-refractivity contribution in [3.8, 4) is 11.6 Å². The quantitative estimate of drug-likeness (QED) is 0.474. The lowest BCUT2D eigenvalue weighted by Crippen LogP contribution is -2.20. The van der Waals surface area contributed by atoms with E-state index >= 15 is 0 Å². The van der Waals surface area contributed by atoms with Crippen LogP contribution in [0.15, 0.2) is 73.3 Å². The number of imidazole rings is 1. The number of nitrogens with one attached hydrogen (secondary N) is 2. The van der Waals surface area contributed by atoms with Gasteiger partial charge in [0.25, 0.3) is 5.91 Å². The maximum atomic E-state index is 12.2. The molecular formula is C23H22N6O2. The normalized spacial score (nSPS) is 10.5. The van der Waals surface area contributed by atoms with Gasteiger partial charge in [-0.3, -0.25) is 9.36 Å². The van der Waals surface area contributed by atoms with Gasteiger partial charge in [-0.05, 0) is 55.8 Å². The van der Waals surface area contributed by atoms with Crippen LogP contribution in [-0.2, 0) is 4.79 Å². The standard InChI is InChI=1S/C23H22N6O2/c1-16-4-3-5-20(12-16)31-14-23(30)28-19-8-6-18(7-9-19)27-21-13-22(26-17(2)25-21)29-11-10-24-15-29/h3-13,15H,14H2,1-2H3,(H,28,30)(H,25,26,27). The predicted molar refractivity (Wildman–Crippen MR) is 119 cm³/mol. The highest BCUT2D eigenvalue weighted by Gasteiger charge is 2.06. The van der Waals surface area contributed by atoms with Crippen molar-refractivity contribution in [3.05, 3.63) is 84.7 Å². The maximum Gasteiger partial charge on any atom is 0.262 e. The van der Waals surface area contributed by atoms with Crippen LogP contribution in [0, 0.1) is 13.8 Å². The molecule has 0 spiro atoms. The molecule has 0 aliphatic rings. The molecule has 156 valence electrons. The third-order valence-corrected chi connectivity index (χ3v) is 4.39. The molecule has 31 heavy (non-hydrogen) atoms. The van der Waals surface area contributed by atoms with E-state index in [1.165, 1.54) is 0 Å². The van der Waals surface area contributed by atoms with E-state index in [4.69, 9.17) is 4.74 Å². The Labute approximate surface area is 180 Å². The summed E-state index contributed by atoms with van der Waals surface area (Å²) in [5.41, 5.74) is 2.60. The van der Waals surface area contributed by atoms with E-state index in [1.54, 1.807) is 12.5 Å². The zero-order valence-corrected chi connectivity index (χ0v) is 17.2. The Hall–Kier alpha value is -4.20. The minimum Gasteiger partial charge on any atom is -0.484 e. The van der Waals surface area contributed by atoms with Crippen molar-refractivity contribution in [3.63, 3.8) is 0 Å². The number of carbonyl (C=O) groups is 1. The number of hydrogen-bond donors (Lipinski definition) is 2. The molecule has 0 radical (unpaired) electrons. The zero-order valence-electron chi connectivity index (χ0n) is 17.2. The molecule has 8 heteroatoms. The highest BCUT2D eigenvalue weighted by molar-refractivity contribution is 5.92. The van der Waals surface area contributed by atoms with E-state index < -0.39 is 0 Å². The Kier molecular flexibility index (Phi) is 5.89. The molecule has 2 aromatic heterocycles. The molecule has 0 atom stereocenters. The molecule has 4 aromatic rings. The number of nitrogens with zero attached hydrogens (tertiary/aromatic N) is 4. The topological polar surface area (TPSA) is 94.0 Å². The molecular weight excluding hydrogens is 392 g/mol. The van der Waals surface area contributed by atoms with Crippen LogP contribution in [0.3, 0.4) is 0 Å². The summed E-state index contributed by atoms with van der Waals surface area (Å²) < 4.78 is 7.35. The van der Waals surface area contributed by atoms with Gasteiger partial charge in [-0.25, -0.2) is 15.0 Å². The average molecular weight is 414 g/mol. The number of aryl methyl sites for hydroxylation is 2. The van der Waals surface area contributed by atoms with E-state index in [1.807, 2.05) is 79.2 Å². The summed E-state index contributed by atoms with van der Waals surface area (Å²) >= 11 is 0. The fraction of sp³-hybridized carbons (Fsp3) is 0.130. The molecule has 2 N–H and O–H groups in total. The molecule has 2 aromatic carbocycles. The first kappa shape index (κ1) is 20.1. The highest BCUT2D eigenvalue weighted by atomic mass is 16.5. The lowest BCUT2D eigenvalue weighted by atomic mass is 10.2. The van der Waals surface area contributed by atoms with Gasteiger partial charge in [0.1, 0.15) is 29.5 Å². The Morgan fingerprint density at radius 1 is 1.03 bits per heavy atom. The summed E-state index contributed by atoms with van der Waals surface area (Å²) in [6.07, 6.45) is 5.21. The fourth-order valence-electron chi connectivity index (χ4n) is 2.98. The number of benzene rings is 2. The minimum atomic E-state index is -0.224. The summed E-state index contributed by atoms with van der Waals surface area (Å²) in [6.45, 7) is 3.76. The first-order valence-corrected chi connectivity index (χ1v) is 9.75. The number of ether oxygens (including phenoxy) is 1. The second kappa shape index (κ2) is 9.08. The van der Waals surface area contributed by atoms with Gasteiger partial charge in [-0.2, -0.15) is 0 Å². The van der Waals surface area contributed by atoms with Gasteiger partial charge in [-0.15, -0.1) is 0 Å².